The van der Waals surface area contributed by atoms with Gasteiger partial charge in [-0.3, -0.25) is 4.79 Å². The van der Waals surface area contributed by atoms with E-state index in [0.29, 0.717) is 5.56 Å². The normalized spacial score (nSPS) is 9.64. The van der Waals surface area contributed by atoms with Gasteiger partial charge in [-0.15, -0.1) is 11.6 Å². The molecule has 0 atom stereocenters. The minimum atomic E-state index is -0.0424. The maximum absolute atomic E-state index is 11.0. The van der Waals surface area contributed by atoms with E-state index in [0.717, 1.165) is 4.47 Å². The Morgan fingerprint density at radius 3 is 2.36 bits per heavy atom. The fraction of sp³-hybridized carbons (Fsp3) is 0.125. The third-order valence-corrected chi connectivity index (χ3v) is 2.06. The standard InChI is InChI=1S/C8H6BrClO/c9-7-3-1-6(2-4-7)8(11)5-10/h1-4H,5H2. The predicted octanol–water partition coefficient (Wildman–Crippen LogP) is 2.87. The van der Waals surface area contributed by atoms with Crippen LogP contribution in [0.25, 0.3) is 0 Å². The summed E-state index contributed by atoms with van der Waals surface area (Å²) in [4.78, 5) is 11.0. The van der Waals surface area contributed by atoms with Gasteiger partial charge in [0.25, 0.3) is 0 Å². The molecule has 1 aromatic rings. The van der Waals surface area contributed by atoms with Gasteiger partial charge in [0.05, 0.1) is 5.88 Å². The Balaban J connectivity index is 2.90. The molecule has 1 aromatic carbocycles. The van der Waals surface area contributed by atoms with E-state index >= 15 is 0 Å². The van der Waals surface area contributed by atoms with E-state index in [9.17, 15) is 4.79 Å². The Kier molecular flexibility index (Phi) is 3.09. The van der Waals surface area contributed by atoms with Gasteiger partial charge in [0, 0.05) is 10.0 Å². The van der Waals surface area contributed by atoms with Gasteiger partial charge >= 0.3 is 0 Å². The first-order valence-corrected chi connectivity index (χ1v) is 4.41. The van der Waals surface area contributed by atoms with Crippen LogP contribution in [0.5, 0.6) is 0 Å². The van der Waals surface area contributed by atoms with Crippen LogP contribution >= 0.6 is 27.5 Å². The quantitative estimate of drug-likeness (QED) is 0.567. The van der Waals surface area contributed by atoms with Crippen molar-refractivity contribution in [1.82, 2.24) is 0 Å². The molecule has 0 amide bonds. The van der Waals surface area contributed by atoms with Gasteiger partial charge in [-0.1, -0.05) is 28.1 Å². The van der Waals surface area contributed by atoms with Crippen molar-refractivity contribution in [3.8, 4) is 0 Å². The predicted molar refractivity (Wildman–Crippen MR) is 49.2 cm³/mol. The lowest BCUT2D eigenvalue weighted by Gasteiger charge is -1.95. The van der Waals surface area contributed by atoms with E-state index in [-0.39, 0.29) is 11.7 Å². The summed E-state index contributed by atoms with van der Waals surface area (Å²) in [5.41, 5.74) is 0.656. The van der Waals surface area contributed by atoms with Gasteiger partial charge in [0.15, 0.2) is 5.78 Å². The van der Waals surface area contributed by atoms with E-state index in [1.54, 1.807) is 12.1 Å². The highest BCUT2D eigenvalue weighted by Crippen LogP contribution is 2.11. The molecule has 0 radical (unpaired) electrons. The summed E-state index contributed by atoms with van der Waals surface area (Å²) < 4.78 is 0.962. The first-order chi connectivity index (χ1) is 5.24. The molecule has 0 saturated heterocycles. The van der Waals surface area contributed by atoms with E-state index < -0.39 is 0 Å². The fourth-order valence-corrected chi connectivity index (χ4v) is 1.13. The molecule has 0 unspecified atom stereocenters. The average molecular weight is 233 g/mol. The van der Waals surface area contributed by atoms with Crippen LogP contribution in [0, 0.1) is 0 Å². The number of benzene rings is 1. The van der Waals surface area contributed by atoms with Crippen LogP contribution < -0.4 is 0 Å². The number of carbonyl (C=O) groups excluding carboxylic acids is 1. The van der Waals surface area contributed by atoms with Gasteiger partial charge in [0.2, 0.25) is 0 Å². The van der Waals surface area contributed by atoms with Gasteiger partial charge in [0.1, 0.15) is 0 Å². The first-order valence-electron chi connectivity index (χ1n) is 3.09. The minimum Gasteiger partial charge on any atom is -0.293 e. The summed E-state index contributed by atoms with van der Waals surface area (Å²) >= 11 is 8.64. The topological polar surface area (TPSA) is 17.1 Å². The zero-order valence-electron chi connectivity index (χ0n) is 5.68. The van der Waals surface area contributed by atoms with E-state index in [4.69, 9.17) is 11.6 Å². The highest BCUT2D eigenvalue weighted by atomic mass is 79.9. The number of hydrogen-bond acceptors (Lipinski definition) is 1. The van der Waals surface area contributed by atoms with Crippen LogP contribution in [0.4, 0.5) is 0 Å². The number of hydrogen-bond donors (Lipinski definition) is 0. The van der Waals surface area contributed by atoms with Crippen molar-refractivity contribution in [2.45, 2.75) is 0 Å². The summed E-state index contributed by atoms with van der Waals surface area (Å²) in [7, 11) is 0. The number of ketones is 1. The Bertz CT molecular complexity index is 255. The maximum Gasteiger partial charge on any atom is 0.177 e. The van der Waals surface area contributed by atoms with E-state index in [1.165, 1.54) is 0 Å². The number of alkyl halides is 1. The average Bonchev–Trinajstić information content (AvgIpc) is 2.05. The zero-order chi connectivity index (χ0) is 8.27. The smallest absolute Gasteiger partial charge is 0.177 e. The van der Waals surface area contributed by atoms with Crippen molar-refractivity contribution in [1.29, 1.82) is 0 Å². The van der Waals surface area contributed by atoms with Crippen LogP contribution in [0.15, 0.2) is 28.7 Å². The van der Waals surface area contributed by atoms with Crippen molar-refractivity contribution in [3.05, 3.63) is 34.3 Å². The Hall–Kier alpha value is -0.340. The Morgan fingerprint density at radius 1 is 1.36 bits per heavy atom. The lowest BCUT2D eigenvalue weighted by Crippen LogP contribution is -1.98. The molecular weight excluding hydrogens is 227 g/mol. The molecule has 1 rings (SSSR count). The number of halogens is 2. The van der Waals surface area contributed by atoms with E-state index in [2.05, 4.69) is 15.9 Å². The highest BCUT2D eigenvalue weighted by Gasteiger charge is 2.01. The van der Waals surface area contributed by atoms with E-state index in [1.807, 2.05) is 12.1 Å². The second kappa shape index (κ2) is 3.88. The van der Waals surface area contributed by atoms with Crippen LogP contribution in [0.1, 0.15) is 10.4 Å². The molecule has 0 aliphatic carbocycles. The number of rotatable bonds is 2. The highest BCUT2D eigenvalue weighted by molar-refractivity contribution is 9.10. The molecule has 11 heavy (non-hydrogen) atoms. The lowest BCUT2D eigenvalue weighted by atomic mass is 10.2. The van der Waals surface area contributed by atoms with Gasteiger partial charge < -0.3 is 0 Å². The van der Waals surface area contributed by atoms with Crippen LogP contribution in [0.2, 0.25) is 0 Å². The largest absolute Gasteiger partial charge is 0.293 e. The summed E-state index contributed by atoms with van der Waals surface area (Å²) in [6.45, 7) is 0. The van der Waals surface area contributed by atoms with Crippen molar-refractivity contribution < 1.29 is 4.79 Å². The van der Waals surface area contributed by atoms with Gasteiger partial charge in [-0.25, -0.2) is 0 Å². The zero-order valence-corrected chi connectivity index (χ0v) is 8.02. The molecule has 58 valence electrons. The molecule has 0 aliphatic heterocycles. The van der Waals surface area contributed by atoms with Crippen LogP contribution in [-0.4, -0.2) is 11.7 Å². The second-order valence-electron chi connectivity index (χ2n) is 2.06. The first kappa shape index (κ1) is 8.75. The molecule has 3 heteroatoms. The third kappa shape index (κ3) is 2.31. The maximum atomic E-state index is 11.0. The summed E-state index contributed by atoms with van der Waals surface area (Å²) in [5, 5.41) is 0. The number of Topliss-reactive ketones (excluding diaryl/α,β-unsaturated/α-hetero) is 1. The van der Waals surface area contributed by atoms with Gasteiger partial charge in [-0.05, 0) is 12.1 Å². The van der Waals surface area contributed by atoms with Gasteiger partial charge in [-0.2, -0.15) is 0 Å². The lowest BCUT2D eigenvalue weighted by molar-refractivity contribution is 0.102. The van der Waals surface area contributed by atoms with Crippen LogP contribution in [-0.2, 0) is 0 Å². The molecule has 0 aromatic heterocycles. The third-order valence-electron chi connectivity index (χ3n) is 1.29. The number of carbonyl (C=O) groups is 1. The minimum absolute atomic E-state index is 0.0424. The molecule has 0 heterocycles. The summed E-state index contributed by atoms with van der Waals surface area (Å²) in [5.74, 6) is 0.000848. The van der Waals surface area contributed by atoms with Crippen molar-refractivity contribution >= 4 is 33.3 Å². The molecular formula is C8H6BrClO. The van der Waals surface area contributed by atoms with Crippen molar-refractivity contribution in [3.63, 3.8) is 0 Å². The molecule has 0 bridgehead atoms. The molecule has 0 N–H and O–H groups in total. The molecule has 0 spiro atoms. The summed E-state index contributed by atoms with van der Waals surface area (Å²) in [6, 6.07) is 7.13. The molecule has 0 fully saturated rings. The second-order valence-corrected chi connectivity index (χ2v) is 3.25. The fourth-order valence-electron chi connectivity index (χ4n) is 0.713. The molecule has 0 aliphatic rings. The molecule has 0 saturated carbocycles. The van der Waals surface area contributed by atoms with Crippen molar-refractivity contribution in [2.24, 2.45) is 0 Å². The van der Waals surface area contributed by atoms with Crippen LogP contribution in [0.3, 0.4) is 0 Å². The molecule has 1 nitrogen and oxygen atoms in total. The van der Waals surface area contributed by atoms with Crippen molar-refractivity contribution in [2.75, 3.05) is 5.88 Å². The SMILES string of the molecule is O=C(CCl)c1ccc(Br)cc1. The monoisotopic (exact) mass is 232 g/mol. The Morgan fingerprint density at radius 2 is 1.91 bits per heavy atom. The Labute approximate surface area is 78.5 Å². The summed E-state index contributed by atoms with van der Waals surface area (Å²) in [6.07, 6.45) is 0.